The summed E-state index contributed by atoms with van der Waals surface area (Å²) in [6.45, 7) is 1.89. The Morgan fingerprint density at radius 1 is 0.829 bits per heavy atom. The molecule has 10 nitrogen and oxygen atoms in total. The van der Waals surface area contributed by atoms with Crippen LogP contribution in [0.3, 0.4) is 0 Å². The van der Waals surface area contributed by atoms with Crippen molar-refractivity contribution in [1.82, 2.24) is 8.61 Å². The van der Waals surface area contributed by atoms with Gasteiger partial charge in [-0.1, -0.05) is 12.1 Å². The van der Waals surface area contributed by atoms with E-state index < -0.39 is 31.7 Å². The monoisotopic (exact) mass is 522 g/mol. The van der Waals surface area contributed by atoms with Crippen LogP contribution in [-0.4, -0.2) is 76.3 Å². The van der Waals surface area contributed by atoms with E-state index in [1.54, 1.807) is 0 Å². The lowest BCUT2D eigenvalue weighted by Gasteiger charge is -2.42. The number of sulfonamides is 2. The van der Waals surface area contributed by atoms with Crippen molar-refractivity contribution in [2.75, 3.05) is 33.4 Å². The van der Waals surface area contributed by atoms with Gasteiger partial charge >= 0.3 is 5.97 Å². The molecule has 0 amide bonds. The Hall–Kier alpha value is -2.64. The fourth-order valence-electron chi connectivity index (χ4n) is 4.42. The number of rotatable bonds is 6. The normalized spacial score (nSPS) is 19.0. The van der Waals surface area contributed by atoms with Gasteiger partial charge in [-0.3, -0.25) is 4.79 Å². The van der Waals surface area contributed by atoms with Crippen LogP contribution in [0, 0.1) is 0 Å². The van der Waals surface area contributed by atoms with Gasteiger partial charge in [-0.15, -0.1) is 0 Å². The first-order valence-corrected chi connectivity index (χ1v) is 13.9. The summed E-state index contributed by atoms with van der Waals surface area (Å²) in [5.74, 6) is -0.729. The molecule has 0 aliphatic carbocycles. The molecular weight excluding hydrogens is 496 g/mol. The molecule has 2 saturated heterocycles. The third-order valence-electron chi connectivity index (χ3n) is 6.39. The van der Waals surface area contributed by atoms with E-state index >= 15 is 0 Å². The van der Waals surface area contributed by atoms with Crippen molar-refractivity contribution in [2.24, 2.45) is 0 Å². The van der Waals surface area contributed by atoms with E-state index in [1.807, 2.05) is 0 Å². The minimum absolute atomic E-state index is 0.0310. The minimum atomic E-state index is -3.92. The number of hydrogen-bond acceptors (Lipinski definition) is 8. The highest BCUT2D eigenvalue weighted by Gasteiger charge is 2.51. The lowest BCUT2D eigenvalue weighted by atomic mass is 10.0. The van der Waals surface area contributed by atoms with E-state index in [1.165, 1.54) is 71.2 Å². The van der Waals surface area contributed by atoms with Crippen LogP contribution in [-0.2, 0) is 29.5 Å². The molecule has 35 heavy (non-hydrogen) atoms. The van der Waals surface area contributed by atoms with Gasteiger partial charge < -0.3 is 9.47 Å². The number of ether oxygens (including phenoxy) is 2. The number of carbonyl (C=O) groups is 2. The van der Waals surface area contributed by atoms with Gasteiger partial charge in [0.25, 0.3) is 0 Å². The SMILES string of the molecule is COC(=O)c1ccc(S(=O)(=O)N2CCC3(CC2)OCCN3S(=O)(=O)c2ccc(C(C)=O)cc2)cc1. The number of carbonyl (C=O) groups excluding carboxylic acids is 2. The lowest BCUT2D eigenvalue weighted by Crippen LogP contribution is -2.55. The highest BCUT2D eigenvalue weighted by molar-refractivity contribution is 7.89. The first-order valence-electron chi connectivity index (χ1n) is 11.0. The number of Topliss-reactive ketones (excluding diaryl/α,β-unsaturated/α-hetero) is 1. The van der Waals surface area contributed by atoms with Gasteiger partial charge in [0.1, 0.15) is 5.72 Å². The van der Waals surface area contributed by atoms with Crippen LogP contribution >= 0.6 is 0 Å². The van der Waals surface area contributed by atoms with Crippen molar-refractivity contribution in [3.63, 3.8) is 0 Å². The van der Waals surface area contributed by atoms with Crippen LogP contribution in [0.4, 0.5) is 0 Å². The van der Waals surface area contributed by atoms with E-state index in [0.717, 1.165) is 0 Å². The summed E-state index contributed by atoms with van der Waals surface area (Å²) in [5.41, 5.74) is -0.492. The molecule has 0 atom stereocenters. The Morgan fingerprint density at radius 3 is 1.86 bits per heavy atom. The molecule has 0 bridgehead atoms. The second-order valence-electron chi connectivity index (χ2n) is 8.37. The molecule has 2 aliphatic heterocycles. The van der Waals surface area contributed by atoms with Crippen molar-refractivity contribution >= 4 is 31.8 Å². The maximum absolute atomic E-state index is 13.4. The van der Waals surface area contributed by atoms with Gasteiger partial charge in [-0.2, -0.15) is 8.61 Å². The van der Waals surface area contributed by atoms with Gasteiger partial charge in [0.05, 0.1) is 29.1 Å². The van der Waals surface area contributed by atoms with Crippen LogP contribution in [0.25, 0.3) is 0 Å². The van der Waals surface area contributed by atoms with E-state index in [-0.39, 0.29) is 60.2 Å². The number of esters is 1. The van der Waals surface area contributed by atoms with Gasteiger partial charge in [0.15, 0.2) is 5.78 Å². The zero-order chi connectivity index (χ0) is 25.4. The molecule has 188 valence electrons. The van der Waals surface area contributed by atoms with Crippen LogP contribution in [0.15, 0.2) is 58.3 Å². The molecule has 0 aromatic heterocycles. The predicted molar refractivity (Wildman–Crippen MR) is 125 cm³/mol. The molecule has 2 aliphatic rings. The maximum Gasteiger partial charge on any atom is 0.337 e. The van der Waals surface area contributed by atoms with Crippen molar-refractivity contribution < 1.29 is 35.9 Å². The molecule has 2 aromatic rings. The smallest absolute Gasteiger partial charge is 0.337 e. The van der Waals surface area contributed by atoms with Crippen molar-refractivity contribution in [3.05, 3.63) is 59.7 Å². The predicted octanol–water partition coefficient (Wildman–Crippen LogP) is 1.88. The van der Waals surface area contributed by atoms with Gasteiger partial charge in [-0.25, -0.2) is 21.6 Å². The molecule has 0 radical (unpaired) electrons. The zero-order valence-electron chi connectivity index (χ0n) is 19.3. The largest absolute Gasteiger partial charge is 0.465 e. The number of ketones is 1. The molecule has 2 heterocycles. The summed E-state index contributed by atoms with van der Waals surface area (Å²) < 4.78 is 66.2. The van der Waals surface area contributed by atoms with Crippen molar-refractivity contribution in [3.8, 4) is 0 Å². The number of nitrogens with zero attached hydrogens (tertiary/aromatic N) is 2. The van der Waals surface area contributed by atoms with Gasteiger partial charge in [-0.05, 0) is 43.3 Å². The fraction of sp³-hybridized carbons (Fsp3) is 0.391. The molecular formula is C23H26N2O8S2. The first kappa shape index (κ1) is 25.5. The molecule has 2 aromatic carbocycles. The quantitative estimate of drug-likeness (QED) is 0.416. The summed E-state index contributed by atoms with van der Waals surface area (Å²) >= 11 is 0. The Balaban J connectivity index is 1.52. The third-order valence-corrected chi connectivity index (χ3v) is 10.3. The van der Waals surface area contributed by atoms with Gasteiger partial charge in [0.2, 0.25) is 20.0 Å². The molecule has 4 rings (SSSR count). The van der Waals surface area contributed by atoms with E-state index in [9.17, 15) is 26.4 Å². The summed E-state index contributed by atoms with van der Waals surface area (Å²) in [7, 11) is -6.53. The number of piperidine rings is 1. The summed E-state index contributed by atoms with van der Waals surface area (Å²) in [6, 6.07) is 11.2. The number of methoxy groups -OCH3 is 1. The van der Waals surface area contributed by atoms with E-state index in [4.69, 9.17) is 4.74 Å². The highest BCUT2D eigenvalue weighted by Crippen LogP contribution is 2.39. The van der Waals surface area contributed by atoms with Crippen LogP contribution < -0.4 is 0 Å². The van der Waals surface area contributed by atoms with E-state index in [0.29, 0.717) is 5.56 Å². The second kappa shape index (κ2) is 9.43. The Bertz CT molecular complexity index is 1330. The average Bonchev–Trinajstić information content (AvgIpc) is 3.27. The summed E-state index contributed by atoms with van der Waals surface area (Å²) in [6.07, 6.45) is 0.328. The highest BCUT2D eigenvalue weighted by atomic mass is 32.2. The Kier molecular flexibility index (Phi) is 6.86. The molecule has 2 fully saturated rings. The van der Waals surface area contributed by atoms with Crippen LogP contribution in [0.5, 0.6) is 0 Å². The van der Waals surface area contributed by atoms with Gasteiger partial charge in [0, 0.05) is 38.0 Å². The minimum Gasteiger partial charge on any atom is -0.465 e. The van der Waals surface area contributed by atoms with Crippen LogP contribution in [0.2, 0.25) is 0 Å². The molecule has 12 heteroatoms. The van der Waals surface area contributed by atoms with Crippen LogP contribution in [0.1, 0.15) is 40.5 Å². The van der Waals surface area contributed by atoms with E-state index in [2.05, 4.69) is 4.74 Å². The second-order valence-corrected chi connectivity index (χ2v) is 12.2. The molecule has 1 spiro atoms. The molecule has 0 unspecified atom stereocenters. The van der Waals surface area contributed by atoms with Crippen molar-refractivity contribution in [1.29, 1.82) is 0 Å². The number of hydrogen-bond donors (Lipinski definition) is 0. The third kappa shape index (κ3) is 4.64. The Labute approximate surface area is 204 Å². The molecule has 0 saturated carbocycles. The Morgan fingerprint density at radius 2 is 1.34 bits per heavy atom. The topological polar surface area (TPSA) is 127 Å². The lowest BCUT2D eigenvalue weighted by molar-refractivity contribution is -0.0806. The van der Waals surface area contributed by atoms with Crippen molar-refractivity contribution in [2.45, 2.75) is 35.3 Å². The summed E-state index contributed by atoms with van der Waals surface area (Å²) in [5, 5.41) is 0. The standard InChI is InChI=1S/C23H26N2O8S2/c1-17(26)18-3-7-21(8-4-18)35(30,31)25-15-16-33-23(25)11-13-24(14-12-23)34(28,29)20-9-5-19(6-10-20)22(27)32-2/h3-10H,11-16H2,1-2H3. The fourth-order valence-corrected chi connectivity index (χ4v) is 7.59. The first-order chi connectivity index (χ1) is 16.5. The number of benzene rings is 2. The molecule has 0 N–H and O–H groups in total. The maximum atomic E-state index is 13.4. The zero-order valence-corrected chi connectivity index (χ0v) is 21.0. The summed E-state index contributed by atoms with van der Waals surface area (Å²) in [4.78, 5) is 23.2. The average molecular weight is 523 g/mol.